The Labute approximate surface area is 144 Å². The first kappa shape index (κ1) is 18.1. The lowest BCUT2D eigenvalue weighted by molar-refractivity contribution is -0.122. The average molecular weight is 339 g/mol. The van der Waals surface area contributed by atoms with Gasteiger partial charge in [-0.15, -0.1) is 12.4 Å². The van der Waals surface area contributed by atoms with Crippen LogP contribution in [0.2, 0.25) is 0 Å². The van der Waals surface area contributed by atoms with Crippen LogP contribution in [-0.2, 0) is 4.79 Å². The quantitative estimate of drug-likeness (QED) is 0.887. The first-order chi connectivity index (χ1) is 10.6. The molecule has 0 aromatic heterocycles. The number of nitrogens with one attached hydrogen (secondary N) is 2. The summed E-state index contributed by atoms with van der Waals surface area (Å²) in [6.45, 7) is 6.90. The van der Waals surface area contributed by atoms with E-state index in [4.69, 9.17) is 4.74 Å². The Morgan fingerprint density at radius 2 is 2.04 bits per heavy atom. The summed E-state index contributed by atoms with van der Waals surface area (Å²) < 4.78 is 5.80. The van der Waals surface area contributed by atoms with Gasteiger partial charge >= 0.3 is 0 Å². The second kappa shape index (κ2) is 8.02. The van der Waals surface area contributed by atoms with Gasteiger partial charge in [0.15, 0.2) is 0 Å². The molecule has 1 aromatic carbocycles. The molecule has 1 aromatic rings. The van der Waals surface area contributed by atoms with E-state index in [9.17, 15) is 4.79 Å². The van der Waals surface area contributed by atoms with Crippen molar-refractivity contribution in [3.8, 4) is 5.75 Å². The smallest absolute Gasteiger partial charge is 0.220 e. The number of halogens is 1. The van der Waals surface area contributed by atoms with Gasteiger partial charge in [0.25, 0.3) is 0 Å². The van der Waals surface area contributed by atoms with Crippen molar-refractivity contribution >= 4 is 18.3 Å². The molecule has 0 bridgehead atoms. The monoisotopic (exact) mass is 338 g/mol. The minimum Gasteiger partial charge on any atom is -0.490 e. The zero-order chi connectivity index (χ0) is 15.5. The van der Waals surface area contributed by atoms with E-state index in [1.54, 1.807) is 0 Å². The Hall–Kier alpha value is -1.26. The van der Waals surface area contributed by atoms with Crippen LogP contribution in [0.1, 0.15) is 48.4 Å². The topological polar surface area (TPSA) is 50.4 Å². The Balaban J connectivity index is 0.00000192. The maximum atomic E-state index is 12.2. The summed E-state index contributed by atoms with van der Waals surface area (Å²) in [4.78, 5) is 12.2. The van der Waals surface area contributed by atoms with E-state index < -0.39 is 0 Å². The second-order valence-electron chi connectivity index (χ2n) is 6.59. The fraction of sp³-hybridized carbons (Fsp3) is 0.611. The van der Waals surface area contributed by atoms with Crippen molar-refractivity contribution < 1.29 is 9.53 Å². The van der Waals surface area contributed by atoms with Gasteiger partial charge in [-0.3, -0.25) is 4.79 Å². The maximum absolute atomic E-state index is 12.2. The summed E-state index contributed by atoms with van der Waals surface area (Å²) in [6, 6.07) is 4.20. The first-order valence-electron chi connectivity index (χ1n) is 8.38. The van der Waals surface area contributed by atoms with Crippen LogP contribution >= 0.6 is 12.4 Å². The Kier molecular flexibility index (Phi) is 6.31. The molecule has 1 saturated heterocycles. The molecule has 3 rings (SSSR count). The highest BCUT2D eigenvalue weighted by Gasteiger charge is 2.27. The SMILES string of the molecule is Cc1ccc2c(c1C)OCC2NC(=O)CCC1CCNCC1.Cl. The lowest BCUT2D eigenvalue weighted by atomic mass is 9.93. The minimum absolute atomic E-state index is 0. The molecular formula is C18H27ClN2O2. The van der Waals surface area contributed by atoms with Gasteiger partial charge in [0.05, 0.1) is 6.04 Å². The third kappa shape index (κ3) is 4.18. The molecule has 5 heteroatoms. The standard InChI is InChI=1S/C18H26N2O2.ClH/c1-12-3-5-15-16(11-22-18(15)13(12)2)20-17(21)6-4-14-7-9-19-10-8-14;/h3,5,14,16,19H,4,6-11H2,1-2H3,(H,20,21);1H. The van der Waals surface area contributed by atoms with Crippen LogP contribution in [0.3, 0.4) is 0 Å². The molecule has 23 heavy (non-hydrogen) atoms. The molecule has 2 heterocycles. The number of aryl methyl sites for hydroxylation is 1. The fourth-order valence-corrected chi connectivity index (χ4v) is 3.43. The largest absolute Gasteiger partial charge is 0.490 e. The minimum atomic E-state index is 0. The van der Waals surface area contributed by atoms with Crippen LogP contribution in [0.5, 0.6) is 5.75 Å². The van der Waals surface area contributed by atoms with E-state index in [1.165, 1.54) is 24.0 Å². The van der Waals surface area contributed by atoms with Crippen molar-refractivity contribution in [1.29, 1.82) is 0 Å². The van der Waals surface area contributed by atoms with Crippen LogP contribution in [0.25, 0.3) is 0 Å². The van der Waals surface area contributed by atoms with E-state index in [-0.39, 0.29) is 24.4 Å². The van der Waals surface area contributed by atoms with Crippen molar-refractivity contribution in [1.82, 2.24) is 10.6 Å². The molecule has 1 amide bonds. The van der Waals surface area contributed by atoms with Crippen molar-refractivity contribution in [3.63, 3.8) is 0 Å². The number of carbonyl (C=O) groups excluding carboxylic acids is 1. The predicted molar refractivity (Wildman–Crippen MR) is 94.4 cm³/mol. The molecule has 2 N–H and O–H groups in total. The molecule has 0 radical (unpaired) electrons. The Morgan fingerprint density at radius 3 is 2.78 bits per heavy atom. The van der Waals surface area contributed by atoms with Gasteiger partial charge < -0.3 is 15.4 Å². The number of amides is 1. The molecule has 0 spiro atoms. The zero-order valence-electron chi connectivity index (χ0n) is 14.0. The summed E-state index contributed by atoms with van der Waals surface area (Å²) >= 11 is 0. The molecule has 0 saturated carbocycles. The molecule has 1 unspecified atom stereocenters. The van der Waals surface area contributed by atoms with Gasteiger partial charge in [-0.25, -0.2) is 0 Å². The highest BCUT2D eigenvalue weighted by molar-refractivity contribution is 5.85. The molecular weight excluding hydrogens is 312 g/mol. The van der Waals surface area contributed by atoms with Crippen LogP contribution in [-0.4, -0.2) is 25.6 Å². The van der Waals surface area contributed by atoms with E-state index in [0.29, 0.717) is 18.9 Å². The number of ether oxygens (including phenoxy) is 1. The summed E-state index contributed by atoms with van der Waals surface area (Å²) in [7, 11) is 0. The molecule has 1 atom stereocenters. The van der Waals surface area contributed by atoms with Gasteiger partial charge in [0, 0.05) is 12.0 Å². The highest BCUT2D eigenvalue weighted by atomic mass is 35.5. The maximum Gasteiger partial charge on any atom is 0.220 e. The highest BCUT2D eigenvalue weighted by Crippen LogP contribution is 2.36. The van der Waals surface area contributed by atoms with Gasteiger partial charge in [-0.05, 0) is 63.2 Å². The summed E-state index contributed by atoms with van der Waals surface area (Å²) in [5.41, 5.74) is 3.54. The lowest BCUT2D eigenvalue weighted by Gasteiger charge is -2.22. The number of rotatable bonds is 4. The van der Waals surface area contributed by atoms with Crippen molar-refractivity contribution in [2.24, 2.45) is 5.92 Å². The van der Waals surface area contributed by atoms with Gasteiger partial charge in [0.2, 0.25) is 5.91 Å². The van der Waals surface area contributed by atoms with Crippen LogP contribution in [0, 0.1) is 19.8 Å². The second-order valence-corrected chi connectivity index (χ2v) is 6.59. The number of benzene rings is 1. The molecule has 2 aliphatic heterocycles. The molecule has 0 aliphatic carbocycles. The Morgan fingerprint density at radius 1 is 1.30 bits per heavy atom. The molecule has 4 nitrogen and oxygen atoms in total. The summed E-state index contributed by atoms with van der Waals surface area (Å²) in [5, 5.41) is 6.51. The third-order valence-electron chi connectivity index (χ3n) is 5.05. The summed E-state index contributed by atoms with van der Waals surface area (Å²) in [5.74, 6) is 1.81. The van der Waals surface area contributed by atoms with E-state index in [1.807, 2.05) is 0 Å². The lowest BCUT2D eigenvalue weighted by Crippen LogP contribution is -2.31. The van der Waals surface area contributed by atoms with Crippen molar-refractivity contribution in [2.45, 2.75) is 45.6 Å². The fourth-order valence-electron chi connectivity index (χ4n) is 3.43. The number of hydrogen-bond acceptors (Lipinski definition) is 3. The van der Waals surface area contributed by atoms with E-state index in [2.05, 4.69) is 36.6 Å². The number of fused-ring (bicyclic) bond motifs is 1. The molecule has 1 fully saturated rings. The Bertz CT molecular complexity index is 556. The zero-order valence-corrected chi connectivity index (χ0v) is 14.8. The predicted octanol–water partition coefficient (Wildman–Crippen LogP) is 3.05. The number of carbonyl (C=O) groups is 1. The normalized spacial score (nSPS) is 20.3. The van der Waals surface area contributed by atoms with Crippen molar-refractivity contribution in [2.75, 3.05) is 19.7 Å². The van der Waals surface area contributed by atoms with Crippen LogP contribution < -0.4 is 15.4 Å². The van der Waals surface area contributed by atoms with Gasteiger partial charge in [0.1, 0.15) is 12.4 Å². The average Bonchev–Trinajstić information content (AvgIpc) is 2.93. The molecule has 2 aliphatic rings. The van der Waals surface area contributed by atoms with Gasteiger partial charge in [-0.1, -0.05) is 12.1 Å². The molecule has 128 valence electrons. The van der Waals surface area contributed by atoms with E-state index in [0.717, 1.165) is 30.8 Å². The van der Waals surface area contributed by atoms with E-state index >= 15 is 0 Å². The van der Waals surface area contributed by atoms with Crippen LogP contribution in [0.15, 0.2) is 12.1 Å². The number of hydrogen-bond donors (Lipinski definition) is 2. The number of piperidine rings is 1. The third-order valence-corrected chi connectivity index (χ3v) is 5.05. The van der Waals surface area contributed by atoms with Crippen LogP contribution in [0.4, 0.5) is 0 Å². The first-order valence-corrected chi connectivity index (χ1v) is 8.38. The van der Waals surface area contributed by atoms with Gasteiger partial charge in [-0.2, -0.15) is 0 Å². The summed E-state index contributed by atoms with van der Waals surface area (Å²) in [6.07, 6.45) is 4.02. The van der Waals surface area contributed by atoms with Crippen molar-refractivity contribution in [3.05, 3.63) is 28.8 Å².